The predicted octanol–water partition coefficient (Wildman–Crippen LogP) is 16.3. The van der Waals surface area contributed by atoms with Crippen LogP contribution in [0.1, 0.15) is 0 Å². The molecule has 4 heteroatoms. The van der Waals surface area contributed by atoms with E-state index in [1.807, 2.05) is 17.4 Å². The number of fused-ring (bicyclic) bond motifs is 9. The van der Waals surface area contributed by atoms with Crippen LogP contribution in [-0.4, -0.2) is 0 Å². The Labute approximate surface area is 338 Å². The van der Waals surface area contributed by atoms with Crippen LogP contribution in [0.4, 0.5) is 17.1 Å². The molecule has 272 valence electrons. The summed E-state index contributed by atoms with van der Waals surface area (Å²) in [5.74, 6) is 0. The van der Waals surface area contributed by atoms with Gasteiger partial charge in [-0.15, -0.1) is 11.3 Å². The molecule has 3 aromatic heterocycles. The van der Waals surface area contributed by atoms with Crippen molar-refractivity contribution in [1.82, 2.24) is 0 Å². The molecule has 12 rings (SSSR count). The van der Waals surface area contributed by atoms with Gasteiger partial charge in [0.05, 0.1) is 21.5 Å². The zero-order chi connectivity index (χ0) is 38.2. The Morgan fingerprint density at radius 1 is 0.362 bits per heavy atom. The summed E-state index contributed by atoms with van der Waals surface area (Å²) in [6, 6.07) is 71.2. The summed E-state index contributed by atoms with van der Waals surface area (Å²) in [7, 11) is 0. The summed E-state index contributed by atoms with van der Waals surface area (Å²) in [5.41, 5.74) is 13.3. The number of hydrogen-bond acceptors (Lipinski definition) is 4. The van der Waals surface area contributed by atoms with Gasteiger partial charge < -0.3 is 13.7 Å². The third kappa shape index (κ3) is 5.12. The van der Waals surface area contributed by atoms with Crippen LogP contribution in [0.5, 0.6) is 0 Å². The molecule has 0 amide bonds. The molecule has 0 unspecified atom stereocenters. The second-order valence-electron chi connectivity index (χ2n) is 14.8. The Balaban J connectivity index is 1.16. The van der Waals surface area contributed by atoms with Crippen molar-refractivity contribution in [3.05, 3.63) is 200 Å². The predicted molar refractivity (Wildman–Crippen MR) is 245 cm³/mol. The van der Waals surface area contributed by atoms with Crippen LogP contribution in [0.3, 0.4) is 0 Å². The summed E-state index contributed by atoms with van der Waals surface area (Å²) in [6.07, 6.45) is 0. The van der Waals surface area contributed by atoms with Crippen LogP contribution >= 0.6 is 11.3 Å². The molecule has 0 radical (unpaired) electrons. The number of benzene rings is 9. The number of furan rings is 2. The smallest absolute Gasteiger partial charge is 0.144 e. The minimum absolute atomic E-state index is 0.819. The van der Waals surface area contributed by atoms with Gasteiger partial charge >= 0.3 is 0 Å². The highest BCUT2D eigenvalue weighted by atomic mass is 32.1. The summed E-state index contributed by atoms with van der Waals surface area (Å²) in [5, 5.41) is 6.68. The van der Waals surface area contributed by atoms with Gasteiger partial charge in [-0.1, -0.05) is 152 Å². The topological polar surface area (TPSA) is 29.5 Å². The molecule has 0 saturated heterocycles. The SMILES string of the molecule is c1ccc(-c2ccc(-c3c4oc5cccc(N(c6cccc(-c7ccccc7)c6)c6cccc7c6sc6ccccc67)c5c4cc4oc5ccccc5c34)cc2)cc1. The molecule has 0 atom stereocenters. The van der Waals surface area contributed by atoms with Crippen LogP contribution in [0.25, 0.3) is 97.4 Å². The molecule has 0 saturated carbocycles. The molecule has 12 aromatic rings. The Bertz CT molecular complexity index is 3500. The largest absolute Gasteiger partial charge is 0.456 e. The first kappa shape index (κ1) is 32.8. The standard InChI is InChI=1S/C54H33NO2S/c1-3-14-34(15-4-1)36-28-30-37(31-29-36)50-52-42-21-7-9-25-46(42)56-48(52)33-43-51-44(23-13-26-47(51)57-53(43)50)55(39-19-11-18-38(32-39)35-16-5-2-6-17-35)45-24-12-22-41-40-20-8-10-27-49(40)58-54(41)45/h1-33H. The highest BCUT2D eigenvalue weighted by molar-refractivity contribution is 7.26. The summed E-state index contributed by atoms with van der Waals surface area (Å²) >= 11 is 1.84. The maximum atomic E-state index is 7.10. The maximum Gasteiger partial charge on any atom is 0.144 e. The van der Waals surface area contributed by atoms with Crippen molar-refractivity contribution in [1.29, 1.82) is 0 Å². The van der Waals surface area contributed by atoms with Crippen molar-refractivity contribution in [2.75, 3.05) is 4.90 Å². The molecule has 0 bridgehead atoms. The van der Waals surface area contributed by atoms with Crippen molar-refractivity contribution in [2.24, 2.45) is 0 Å². The van der Waals surface area contributed by atoms with Crippen molar-refractivity contribution in [3.63, 3.8) is 0 Å². The minimum atomic E-state index is 0.819. The summed E-state index contributed by atoms with van der Waals surface area (Å²) in [4.78, 5) is 2.43. The number of nitrogens with zero attached hydrogens (tertiary/aromatic N) is 1. The fourth-order valence-corrected chi connectivity index (χ4v) is 10.0. The molecule has 58 heavy (non-hydrogen) atoms. The minimum Gasteiger partial charge on any atom is -0.456 e. The molecule has 9 aromatic carbocycles. The van der Waals surface area contributed by atoms with E-state index in [0.29, 0.717) is 0 Å². The van der Waals surface area contributed by atoms with Crippen molar-refractivity contribution >= 4 is 92.4 Å². The Hall–Kier alpha value is -7.40. The van der Waals surface area contributed by atoms with E-state index in [-0.39, 0.29) is 0 Å². The Morgan fingerprint density at radius 2 is 0.966 bits per heavy atom. The Morgan fingerprint density at radius 3 is 1.79 bits per heavy atom. The first-order chi connectivity index (χ1) is 28.8. The van der Waals surface area contributed by atoms with E-state index in [2.05, 4.69) is 199 Å². The first-order valence-electron chi connectivity index (χ1n) is 19.6. The van der Waals surface area contributed by atoms with Gasteiger partial charge in [0.25, 0.3) is 0 Å². The monoisotopic (exact) mass is 759 g/mol. The van der Waals surface area contributed by atoms with Crippen LogP contribution in [0, 0.1) is 0 Å². The third-order valence-electron chi connectivity index (χ3n) is 11.5. The fourth-order valence-electron chi connectivity index (χ4n) is 8.84. The molecule has 0 spiro atoms. The molecule has 3 heterocycles. The number of hydrogen-bond donors (Lipinski definition) is 0. The van der Waals surface area contributed by atoms with Crippen LogP contribution in [0.2, 0.25) is 0 Å². The van der Waals surface area contributed by atoms with Gasteiger partial charge in [0.1, 0.15) is 22.3 Å². The van der Waals surface area contributed by atoms with E-state index in [9.17, 15) is 0 Å². The number of thiophene rings is 1. The lowest BCUT2D eigenvalue weighted by molar-refractivity contribution is 0.664. The van der Waals surface area contributed by atoms with Crippen LogP contribution < -0.4 is 4.90 Å². The second kappa shape index (κ2) is 13.1. The quantitative estimate of drug-likeness (QED) is 0.169. The molecule has 0 fully saturated rings. The van der Waals surface area contributed by atoms with E-state index < -0.39 is 0 Å². The molecule has 0 aliphatic carbocycles. The molecule has 3 nitrogen and oxygen atoms in total. The molecule has 0 aliphatic rings. The second-order valence-corrected chi connectivity index (χ2v) is 15.9. The summed E-state index contributed by atoms with van der Waals surface area (Å²) < 4.78 is 16.3. The van der Waals surface area contributed by atoms with Gasteiger partial charge in [0, 0.05) is 42.9 Å². The van der Waals surface area contributed by atoms with Crippen molar-refractivity contribution in [3.8, 4) is 33.4 Å². The van der Waals surface area contributed by atoms with E-state index in [1.54, 1.807) is 0 Å². The van der Waals surface area contributed by atoms with Crippen LogP contribution in [-0.2, 0) is 0 Å². The first-order valence-corrected chi connectivity index (χ1v) is 20.4. The maximum absolute atomic E-state index is 7.10. The average Bonchev–Trinajstić information content (AvgIpc) is 3.98. The van der Waals surface area contributed by atoms with E-state index in [4.69, 9.17) is 8.83 Å². The Kier molecular flexibility index (Phi) is 7.40. The van der Waals surface area contributed by atoms with E-state index in [0.717, 1.165) is 77.6 Å². The van der Waals surface area contributed by atoms with E-state index >= 15 is 0 Å². The van der Waals surface area contributed by atoms with Gasteiger partial charge in [-0.2, -0.15) is 0 Å². The zero-order valence-electron chi connectivity index (χ0n) is 31.2. The lowest BCUT2D eigenvalue weighted by Crippen LogP contribution is -2.10. The lowest BCUT2D eigenvalue weighted by atomic mass is 9.94. The van der Waals surface area contributed by atoms with Gasteiger partial charge in [0.2, 0.25) is 0 Å². The zero-order valence-corrected chi connectivity index (χ0v) is 32.0. The average molecular weight is 760 g/mol. The van der Waals surface area contributed by atoms with Gasteiger partial charge in [-0.3, -0.25) is 0 Å². The fraction of sp³-hybridized carbons (Fsp3) is 0. The normalized spacial score (nSPS) is 11.8. The highest BCUT2D eigenvalue weighted by Gasteiger charge is 2.26. The number of para-hydroxylation sites is 1. The van der Waals surface area contributed by atoms with Crippen molar-refractivity contribution in [2.45, 2.75) is 0 Å². The third-order valence-corrected chi connectivity index (χ3v) is 12.7. The van der Waals surface area contributed by atoms with E-state index in [1.165, 1.54) is 36.9 Å². The molecular weight excluding hydrogens is 727 g/mol. The van der Waals surface area contributed by atoms with Gasteiger partial charge in [-0.25, -0.2) is 0 Å². The van der Waals surface area contributed by atoms with Gasteiger partial charge in [-0.05, 0) is 76.3 Å². The van der Waals surface area contributed by atoms with Crippen LogP contribution in [0.15, 0.2) is 209 Å². The molecule has 0 N–H and O–H groups in total. The number of anilines is 3. The van der Waals surface area contributed by atoms with Crippen molar-refractivity contribution < 1.29 is 8.83 Å². The van der Waals surface area contributed by atoms with Gasteiger partial charge in [0.15, 0.2) is 0 Å². The molecule has 0 aliphatic heterocycles. The molecular formula is C54H33NO2S. The lowest BCUT2D eigenvalue weighted by Gasteiger charge is -2.27. The highest BCUT2D eigenvalue weighted by Crippen LogP contribution is 2.51. The number of rotatable bonds is 6. The summed E-state index contributed by atoms with van der Waals surface area (Å²) in [6.45, 7) is 0.